The van der Waals surface area contributed by atoms with Gasteiger partial charge in [-0.1, -0.05) is 58.0 Å². The maximum Gasteiger partial charge on any atom is 0.0306 e. The van der Waals surface area contributed by atoms with Gasteiger partial charge in [-0.05, 0) is 36.6 Å². The molecule has 1 rings (SSSR count). The summed E-state index contributed by atoms with van der Waals surface area (Å²) in [6, 6.07) is 4.40. The van der Waals surface area contributed by atoms with Gasteiger partial charge in [0.2, 0.25) is 0 Å². The van der Waals surface area contributed by atoms with E-state index in [0.29, 0.717) is 0 Å². The molecule has 1 unspecified atom stereocenters. The van der Waals surface area contributed by atoms with Crippen LogP contribution in [0.15, 0.2) is 21.1 Å². The smallest absolute Gasteiger partial charge is 0.0306 e. The molecule has 90 valence electrons. The molecule has 0 heterocycles. The summed E-state index contributed by atoms with van der Waals surface area (Å²) in [6.07, 6.45) is 4.77. The van der Waals surface area contributed by atoms with E-state index in [1.165, 1.54) is 30.4 Å². The lowest BCUT2D eigenvalue weighted by atomic mass is 10.0. The topological polar surface area (TPSA) is 26.0 Å². The summed E-state index contributed by atoms with van der Waals surface area (Å²) in [5.74, 6) is 0. The SMILES string of the molecule is CCCCCC(N)c1cc(Br)c(C)cc1Br. The predicted molar refractivity (Wildman–Crippen MR) is 77.6 cm³/mol. The molecule has 0 aliphatic carbocycles. The summed E-state index contributed by atoms with van der Waals surface area (Å²) >= 11 is 7.14. The van der Waals surface area contributed by atoms with E-state index in [2.05, 4.69) is 57.8 Å². The Kier molecular flexibility index (Phi) is 6.01. The van der Waals surface area contributed by atoms with Crippen LogP contribution in [0.2, 0.25) is 0 Å². The zero-order chi connectivity index (χ0) is 12.1. The molecule has 0 radical (unpaired) electrons. The molecule has 0 amide bonds. The monoisotopic (exact) mass is 347 g/mol. The molecule has 16 heavy (non-hydrogen) atoms. The Labute approximate surface area is 115 Å². The second-order valence-corrected chi connectivity index (χ2v) is 5.93. The Bertz CT molecular complexity index is 350. The van der Waals surface area contributed by atoms with E-state index >= 15 is 0 Å². The third kappa shape index (κ3) is 3.86. The lowest BCUT2D eigenvalue weighted by Gasteiger charge is -2.15. The van der Waals surface area contributed by atoms with Crippen molar-refractivity contribution in [2.24, 2.45) is 5.73 Å². The van der Waals surface area contributed by atoms with Crippen LogP contribution in [0.25, 0.3) is 0 Å². The highest BCUT2D eigenvalue weighted by Crippen LogP contribution is 2.30. The standard InChI is InChI=1S/C13H19Br2N/c1-3-4-5-6-13(16)10-8-11(14)9(2)7-12(10)15/h7-8,13H,3-6,16H2,1-2H3. The molecule has 0 spiro atoms. The molecule has 0 saturated carbocycles. The molecule has 1 atom stereocenters. The quantitative estimate of drug-likeness (QED) is 0.736. The van der Waals surface area contributed by atoms with Crippen molar-refractivity contribution < 1.29 is 0 Å². The summed E-state index contributed by atoms with van der Waals surface area (Å²) in [7, 11) is 0. The van der Waals surface area contributed by atoms with Gasteiger partial charge in [-0.2, -0.15) is 0 Å². The first-order valence-corrected chi connectivity index (χ1v) is 7.36. The van der Waals surface area contributed by atoms with Gasteiger partial charge in [0.1, 0.15) is 0 Å². The van der Waals surface area contributed by atoms with Gasteiger partial charge >= 0.3 is 0 Å². The number of halogens is 2. The normalized spacial score (nSPS) is 12.8. The minimum atomic E-state index is 0.137. The van der Waals surface area contributed by atoms with Crippen molar-refractivity contribution in [3.8, 4) is 0 Å². The molecule has 0 fully saturated rings. The molecular weight excluding hydrogens is 330 g/mol. The van der Waals surface area contributed by atoms with Crippen LogP contribution in [0.1, 0.15) is 49.8 Å². The van der Waals surface area contributed by atoms with Crippen LogP contribution >= 0.6 is 31.9 Å². The lowest BCUT2D eigenvalue weighted by molar-refractivity contribution is 0.579. The molecule has 1 aromatic carbocycles. The summed E-state index contributed by atoms with van der Waals surface area (Å²) in [6.45, 7) is 4.30. The van der Waals surface area contributed by atoms with Gasteiger partial charge < -0.3 is 5.73 Å². The maximum atomic E-state index is 6.20. The minimum absolute atomic E-state index is 0.137. The van der Waals surface area contributed by atoms with Gasteiger partial charge in [0, 0.05) is 15.0 Å². The lowest BCUT2D eigenvalue weighted by Crippen LogP contribution is -2.11. The van der Waals surface area contributed by atoms with Gasteiger partial charge in [0.25, 0.3) is 0 Å². The van der Waals surface area contributed by atoms with Crippen LogP contribution < -0.4 is 5.73 Å². The van der Waals surface area contributed by atoms with E-state index in [0.717, 1.165) is 15.4 Å². The van der Waals surface area contributed by atoms with Crippen LogP contribution in [-0.2, 0) is 0 Å². The molecule has 0 bridgehead atoms. The van der Waals surface area contributed by atoms with Crippen molar-refractivity contribution in [3.63, 3.8) is 0 Å². The second-order valence-electron chi connectivity index (χ2n) is 4.23. The first-order valence-electron chi connectivity index (χ1n) is 5.77. The number of unbranched alkanes of at least 4 members (excludes halogenated alkanes) is 2. The fraction of sp³-hybridized carbons (Fsp3) is 0.538. The number of rotatable bonds is 5. The predicted octanol–water partition coefficient (Wildman–Crippen LogP) is 5.10. The summed E-state index contributed by atoms with van der Waals surface area (Å²) in [4.78, 5) is 0. The zero-order valence-corrected chi connectivity index (χ0v) is 13.1. The Balaban J connectivity index is 2.75. The fourth-order valence-corrected chi connectivity index (χ4v) is 2.83. The first kappa shape index (κ1) is 14.2. The maximum absolute atomic E-state index is 6.20. The van der Waals surface area contributed by atoms with E-state index in [4.69, 9.17) is 5.73 Å². The molecule has 0 aromatic heterocycles. The summed E-state index contributed by atoms with van der Waals surface area (Å²) in [5.41, 5.74) is 8.64. The molecule has 3 heteroatoms. The highest BCUT2D eigenvalue weighted by molar-refractivity contribution is 9.11. The number of hydrogen-bond donors (Lipinski definition) is 1. The van der Waals surface area contributed by atoms with Crippen LogP contribution in [0.5, 0.6) is 0 Å². The van der Waals surface area contributed by atoms with Crippen LogP contribution in [-0.4, -0.2) is 0 Å². The average Bonchev–Trinajstić information content (AvgIpc) is 2.23. The van der Waals surface area contributed by atoms with Crippen molar-refractivity contribution in [2.75, 3.05) is 0 Å². The van der Waals surface area contributed by atoms with Crippen molar-refractivity contribution in [1.29, 1.82) is 0 Å². The van der Waals surface area contributed by atoms with Crippen LogP contribution in [0, 0.1) is 6.92 Å². The van der Waals surface area contributed by atoms with E-state index in [-0.39, 0.29) is 6.04 Å². The van der Waals surface area contributed by atoms with Gasteiger partial charge in [0.05, 0.1) is 0 Å². The third-order valence-electron chi connectivity index (χ3n) is 2.80. The number of benzene rings is 1. The number of nitrogens with two attached hydrogens (primary N) is 1. The van der Waals surface area contributed by atoms with Gasteiger partial charge in [0.15, 0.2) is 0 Å². The summed E-state index contributed by atoms with van der Waals surface area (Å²) < 4.78 is 2.26. The number of hydrogen-bond acceptors (Lipinski definition) is 1. The largest absolute Gasteiger partial charge is 0.324 e. The zero-order valence-electron chi connectivity index (χ0n) is 9.89. The van der Waals surface area contributed by atoms with Crippen LogP contribution in [0.3, 0.4) is 0 Å². The Morgan fingerprint density at radius 1 is 1.19 bits per heavy atom. The van der Waals surface area contributed by atoms with Crippen LogP contribution in [0.4, 0.5) is 0 Å². The Morgan fingerprint density at radius 3 is 2.50 bits per heavy atom. The van der Waals surface area contributed by atoms with E-state index < -0.39 is 0 Å². The Hall–Kier alpha value is 0.140. The first-order chi connectivity index (χ1) is 7.56. The van der Waals surface area contributed by atoms with Gasteiger partial charge in [-0.3, -0.25) is 0 Å². The van der Waals surface area contributed by atoms with E-state index in [1.54, 1.807) is 0 Å². The van der Waals surface area contributed by atoms with E-state index in [1.807, 2.05) is 0 Å². The van der Waals surface area contributed by atoms with Crippen molar-refractivity contribution >= 4 is 31.9 Å². The third-order valence-corrected chi connectivity index (χ3v) is 4.34. The minimum Gasteiger partial charge on any atom is -0.324 e. The highest BCUT2D eigenvalue weighted by atomic mass is 79.9. The molecular formula is C13H19Br2N. The number of aryl methyl sites for hydroxylation is 1. The average molecular weight is 349 g/mol. The van der Waals surface area contributed by atoms with Crippen molar-refractivity contribution in [1.82, 2.24) is 0 Å². The molecule has 0 saturated heterocycles. The molecule has 2 N–H and O–H groups in total. The molecule has 0 aliphatic heterocycles. The summed E-state index contributed by atoms with van der Waals surface area (Å²) in [5, 5.41) is 0. The van der Waals surface area contributed by atoms with Crippen molar-refractivity contribution in [2.45, 2.75) is 45.6 Å². The Morgan fingerprint density at radius 2 is 1.88 bits per heavy atom. The van der Waals surface area contributed by atoms with Crippen molar-refractivity contribution in [3.05, 3.63) is 32.2 Å². The van der Waals surface area contributed by atoms with Gasteiger partial charge in [-0.15, -0.1) is 0 Å². The van der Waals surface area contributed by atoms with E-state index in [9.17, 15) is 0 Å². The molecule has 1 aromatic rings. The molecule has 1 nitrogen and oxygen atoms in total. The second kappa shape index (κ2) is 6.77. The van der Waals surface area contributed by atoms with Gasteiger partial charge in [-0.25, -0.2) is 0 Å². The molecule has 0 aliphatic rings. The highest BCUT2D eigenvalue weighted by Gasteiger charge is 2.11. The fourth-order valence-electron chi connectivity index (χ4n) is 1.72.